The van der Waals surface area contributed by atoms with Gasteiger partial charge in [0.1, 0.15) is 5.41 Å². The van der Waals surface area contributed by atoms with Crippen LogP contribution in [-0.2, 0) is 18.8 Å². The summed E-state index contributed by atoms with van der Waals surface area (Å²) in [5.74, 6) is 6.03. The SMILES string of the molecule is COC(=O)C1(C#Cc2ccc3cc(B4OC(C)(C)C(C)(C)O4)ccc3c2)CC1. The summed E-state index contributed by atoms with van der Waals surface area (Å²) in [4.78, 5) is 11.8. The van der Waals surface area contributed by atoms with Crippen LogP contribution in [0.3, 0.4) is 0 Å². The molecule has 1 saturated carbocycles. The second-order valence-electron chi connectivity index (χ2n) is 8.73. The molecule has 0 N–H and O–H groups in total. The molecule has 2 aromatic carbocycles. The monoisotopic (exact) mass is 376 g/mol. The standard InChI is InChI=1S/C23H25BO4/c1-21(2)22(3,4)28-24(27-21)19-9-8-17-14-16(6-7-18(17)15-19)10-11-23(12-13-23)20(25)26-5/h6-9,14-15H,12-13H2,1-5H3. The molecule has 4 nitrogen and oxygen atoms in total. The van der Waals surface area contributed by atoms with E-state index in [0.29, 0.717) is 0 Å². The summed E-state index contributed by atoms with van der Waals surface area (Å²) in [6.45, 7) is 8.22. The number of rotatable bonds is 2. The minimum atomic E-state index is -0.593. The largest absolute Gasteiger partial charge is 0.494 e. The van der Waals surface area contributed by atoms with E-state index in [0.717, 1.165) is 34.6 Å². The fraction of sp³-hybridized carbons (Fsp3) is 0.435. The lowest BCUT2D eigenvalue weighted by Crippen LogP contribution is -2.41. The van der Waals surface area contributed by atoms with Crippen LogP contribution in [0.25, 0.3) is 10.8 Å². The minimum Gasteiger partial charge on any atom is -0.468 e. The Kier molecular flexibility index (Phi) is 4.33. The van der Waals surface area contributed by atoms with E-state index in [1.807, 2.05) is 24.3 Å². The lowest BCUT2D eigenvalue weighted by molar-refractivity contribution is -0.144. The third kappa shape index (κ3) is 3.21. The van der Waals surface area contributed by atoms with Crippen LogP contribution < -0.4 is 5.46 Å². The van der Waals surface area contributed by atoms with Crippen LogP contribution in [0.4, 0.5) is 0 Å². The number of fused-ring (bicyclic) bond motifs is 1. The number of methoxy groups -OCH3 is 1. The summed E-state index contributed by atoms with van der Waals surface area (Å²) >= 11 is 0. The average molecular weight is 376 g/mol. The van der Waals surface area contributed by atoms with Gasteiger partial charge in [-0.1, -0.05) is 36.1 Å². The van der Waals surface area contributed by atoms with Crippen molar-refractivity contribution < 1.29 is 18.8 Å². The van der Waals surface area contributed by atoms with E-state index in [4.69, 9.17) is 14.0 Å². The molecule has 0 atom stereocenters. The Morgan fingerprint density at radius 3 is 2.21 bits per heavy atom. The fourth-order valence-electron chi connectivity index (χ4n) is 3.36. The molecule has 0 spiro atoms. The first-order chi connectivity index (χ1) is 13.2. The third-order valence-corrected chi connectivity index (χ3v) is 6.16. The molecule has 0 unspecified atom stereocenters. The summed E-state index contributed by atoms with van der Waals surface area (Å²) in [6, 6.07) is 12.3. The van der Waals surface area contributed by atoms with Crippen molar-refractivity contribution in [2.75, 3.05) is 7.11 Å². The van der Waals surface area contributed by atoms with Gasteiger partial charge < -0.3 is 14.0 Å². The van der Waals surface area contributed by atoms with E-state index < -0.39 is 5.41 Å². The molecule has 5 heteroatoms. The van der Waals surface area contributed by atoms with E-state index in [1.165, 1.54) is 7.11 Å². The number of hydrogen-bond acceptors (Lipinski definition) is 4. The molecular formula is C23H25BO4. The van der Waals surface area contributed by atoms with Crippen molar-refractivity contribution >= 4 is 29.3 Å². The molecule has 28 heavy (non-hydrogen) atoms. The van der Waals surface area contributed by atoms with Crippen molar-refractivity contribution in [3.8, 4) is 11.8 Å². The summed E-state index contributed by atoms with van der Waals surface area (Å²) in [5, 5.41) is 2.20. The molecule has 2 aliphatic rings. The Morgan fingerprint density at radius 1 is 1.00 bits per heavy atom. The van der Waals surface area contributed by atoms with E-state index in [1.54, 1.807) is 0 Å². The molecule has 1 saturated heterocycles. The Bertz CT molecular complexity index is 992. The van der Waals surface area contributed by atoms with Gasteiger partial charge in [-0.05, 0) is 68.9 Å². The zero-order chi connectivity index (χ0) is 20.2. The topological polar surface area (TPSA) is 44.8 Å². The maximum atomic E-state index is 11.8. The van der Waals surface area contributed by atoms with Gasteiger partial charge in [-0.15, -0.1) is 0 Å². The van der Waals surface area contributed by atoms with E-state index in [-0.39, 0.29) is 24.3 Å². The Balaban J connectivity index is 1.59. The summed E-state index contributed by atoms with van der Waals surface area (Å²) < 4.78 is 17.2. The zero-order valence-electron chi connectivity index (χ0n) is 17.1. The maximum absolute atomic E-state index is 11.8. The predicted octanol–water partition coefficient (Wildman–Crippen LogP) is 3.44. The molecule has 0 bridgehead atoms. The van der Waals surface area contributed by atoms with E-state index in [9.17, 15) is 4.79 Å². The smallest absolute Gasteiger partial charge is 0.468 e. The molecule has 2 fully saturated rings. The van der Waals surface area contributed by atoms with Crippen molar-refractivity contribution in [1.82, 2.24) is 0 Å². The van der Waals surface area contributed by atoms with Gasteiger partial charge >= 0.3 is 13.1 Å². The number of esters is 1. The molecule has 0 amide bonds. The molecule has 1 aliphatic heterocycles. The normalized spacial score (nSPS) is 21.1. The summed E-state index contributed by atoms with van der Waals surface area (Å²) in [5.41, 5.74) is 0.595. The van der Waals surface area contributed by atoms with Gasteiger partial charge in [0.25, 0.3) is 0 Å². The van der Waals surface area contributed by atoms with Crippen LogP contribution in [0, 0.1) is 17.3 Å². The van der Waals surface area contributed by atoms with Gasteiger partial charge in [0.05, 0.1) is 18.3 Å². The first kappa shape index (κ1) is 19.0. The highest BCUT2D eigenvalue weighted by Crippen LogP contribution is 2.46. The highest BCUT2D eigenvalue weighted by Gasteiger charge is 2.52. The number of carbonyl (C=O) groups is 1. The van der Waals surface area contributed by atoms with Gasteiger partial charge in [0.2, 0.25) is 0 Å². The number of ether oxygens (including phenoxy) is 1. The van der Waals surface area contributed by atoms with Gasteiger partial charge in [-0.25, -0.2) is 0 Å². The Morgan fingerprint density at radius 2 is 1.61 bits per heavy atom. The first-order valence-corrected chi connectivity index (χ1v) is 9.67. The van der Waals surface area contributed by atoms with Crippen LogP contribution in [0.1, 0.15) is 46.1 Å². The van der Waals surface area contributed by atoms with Gasteiger partial charge in [-0.2, -0.15) is 0 Å². The number of benzene rings is 2. The molecule has 4 rings (SSSR count). The highest BCUT2D eigenvalue weighted by molar-refractivity contribution is 6.62. The van der Waals surface area contributed by atoms with Crippen LogP contribution in [-0.4, -0.2) is 31.4 Å². The molecule has 1 heterocycles. The van der Waals surface area contributed by atoms with Gasteiger partial charge in [-0.3, -0.25) is 4.79 Å². The number of carbonyl (C=O) groups excluding carboxylic acids is 1. The Labute approximate surface area is 166 Å². The van der Waals surface area contributed by atoms with Crippen LogP contribution >= 0.6 is 0 Å². The van der Waals surface area contributed by atoms with Gasteiger partial charge in [0.15, 0.2) is 0 Å². The fourth-order valence-corrected chi connectivity index (χ4v) is 3.36. The molecule has 0 radical (unpaired) electrons. The molecule has 144 valence electrons. The van der Waals surface area contributed by atoms with Crippen molar-refractivity contribution in [3.05, 3.63) is 42.0 Å². The van der Waals surface area contributed by atoms with Crippen molar-refractivity contribution in [2.45, 2.75) is 51.7 Å². The van der Waals surface area contributed by atoms with Crippen molar-refractivity contribution in [3.63, 3.8) is 0 Å². The van der Waals surface area contributed by atoms with Gasteiger partial charge in [0, 0.05) is 5.56 Å². The summed E-state index contributed by atoms with van der Waals surface area (Å²) in [6.07, 6.45) is 1.55. The lowest BCUT2D eigenvalue weighted by atomic mass is 9.78. The van der Waals surface area contributed by atoms with Crippen LogP contribution in [0.15, 0.2) is 36.4 Å². The first-order valence-electron chi connectivity index (χ1n) is 9.67. The molecule has 1 aliphatic carbocycles. The molecule has 0 aromatic heterocycles. The third-order valence-electron chi connectivity index (χ3n) is 6.16. The molecule has 2 aromatic rings. The van der Waals surface area contributed by atoms with Crippen molar-refractivity contribution in [2.24, 2.45) is 5.41 Å². The number of hydrogen-bond donors (Lipinski definition) is 0. The van der Waals surface area contributed by atoms with Crippen molar-refractivity contribution in [1.29, 1.82) is 0 Å². The lowest BCUT2D eigenvalue weighted by Gasteiger charge is -2.32. The minimum absolute atomic E-state index is 0.229. The quantitative estimate of drug-likeness (QED) is 0.458. The predicted molar refractivity (Wildman–Crippen MR) is 110 cm³/mol. The highest BCUT2D eigenvalue weighted by atomic mass is 16.7. The molecular weight excluding hydrogens is 351 g/mol. The van der Waals surface area contributed by atoms with E-state index in [2.05, 4.69) is 51.7 Å². The van der Waals surface area contributed by atoms with Crippen LogP contribution in [0.5, 0.6) is 0 Å². The van der Waals surface area contributed by atoms with Crippen LogP contribution in [0.2, 0.25) is 0 Å². The average Bonchev–Trinajstić information content (AvgIpc) is 3.41. The maximum Gasteiger partial charge on any atom is 0.494 e. The second-order valence-corrected chi connectivity index (χ2v) is 8.73. The van der Waals surface area contributed by atoms with E-state index >= 15 is 0 Å². The zero-order valence-corrected chi connectivity index (χ0v) is 17.1. The second kappa shape index (κ2) is 6.37. The Hall–Kier alpha value is -2.29. The summed E-state index contributed by atoms with van der Waals surface area (Å²) in [7, 11) is 1.04.